The largest absolute Gasteiger partial charge is 0.314 e. The van der Waals surface area contributed by atoms with Crippen molar-refractivity contribution in [1.29, 1.82) is 0 Å². The van der Waals surface area contributed by atoms with E-state index in [-0.39, 0.29) is 0 Å². The van der Waals surface area contributed by atoms with Crippen molar-refractivity contribution in [3.8, 4) is 0 Å². The van der Waals surface area contributed by atoms with Crippen LogP contribution in [0.15, 0.2) is 11.4 Å². The van der Waals surface area contributed by atoms with Crippen molar-refractivity contribution in [1.82, 2.24) is 10.2 Å². The fourth-order valence-corrected chi connectivity index (χ4v) is 4.12. The van der Waals surface area contributed by atoms with Crippen molar-refractivity contribution in [2.24, 2.45) is 5.92 Å². The zero-order chi connectivity index (χ0) is 11.7. The Morgan fingerprint density at radius 3 is 3.35 bits per heavy atom. The Labute approximate surface area is 108 Å². The number of thiophene rings is 1. The van der Waals surface area contributed by atoms with Crippen molar-refractivity contribution < 1.29 is 0 Å². The Hall–Kier alpha value is -0.380. The monoisotopic (exact) mass is 250 g/mol. The van der Waals surface area contributed by atoms with Crippen LogP contribution >= 0.6 is 11.3 Å². The molecule has 0 saturated carbocycles. The second-order valence-corrected chi connectivity index (χ2v) is 6.60. The fraction of sp³-hybridized carbons (Fsp3) is 0.714. The van der Waals surface area contributed by atoms with E-state index in [4.69, 9.17) is 0 Å². The van der Waals surface area contributed by atoms with Crippen LogP contribution in [0.2, 0.25) is 0 Å². The van der Waals surface area contributed by atoms with Crippen LogP contribution in [0.5, 0.6) is 0 Å². The first-order valence-corrected chi connectivity index (χ1v) is 7.70. The van der Waals surface area contributed by atoms with E-state index in [1.807, 2.05) is 11.3 Å². The minimum absolute atomic E-state index is 0.718. The van der Waals surface area contributed by atoms with Crippen molar-refractivity contribution in [2.45, 2.75) is 38.8 Å². The highest BCUT2D eigenvalue weighted by Gasteiger charge is 2.23. The molecule has 1 aromatic rings. The second kappa shape index (κ2) is 5.09. The van der Waals surface area contributed by atoms with Crippen LogP contribution in [0.3, 0.4) is 0 Å². The maximum absolute atomic E-state index is 3.54. The molecule has 3 heterocycles. The predicted octanol–water partition coefficient (Wildman–Crippen LogP) is 2.49. The lowest BCUT2D eigenvalue weighted by atomic mass is 9.92. The molecule has 17 heavy (non-hydrogen) atoms. The van der Waals surface area contributed by atoms with Gasteiger partial charge < -0.3 is 5.32 Å². The van der Waals surface area contributed by atoms with Crippen LogP contribution in [0.25, 0.3) is 0 Å². The molecule has 3 rings (SSSR count). The molecule has 2 unspecified atom stereocenters. The standard InChI is InChI=1S/C14H22N2S/c1-11-8-12(2-5-15-11)9-16-6-3-14-13(10-16)4-7-17-14/h4,7,11-12,15H,2-3,5-6,8-10H2,1H3. The molecule has 0 spiro atoms. The van der Waals surface area contributed by atoms with Gasteiger partial charge in [-0.25, -0.2) is 0 Å². The number of rotatable bonds is 2. The molecule has 2 atom stereocenters. The molecule has 0 radical (unpaired) electrons. The topological polar surface area (TPSA) is 15.3 Å². The number of fused-ring (bicyclic) bond motifs is 1. The summed E-state index contributed by atoms with van der Waals surface area (Å²) in [4.78, 5) is 4.29. The van der Waals surface area contributed by atoms with E-state index in [1.165, 1.54) is 45.4 Å². The van der Waals surface area contributed by atoms with Gasteiger partial charge >= 0.3 is 0 Å². The van der Waals surface area contributed by atoms with Crippen LogP contribution in [0.4, 0.5) is 0 Å². The third-order valence-electron chi connectivity index (χ3n) is 4.14. The summed E-state index contributed by atoms with van der Waals surface area (Å²) in [6, 6.07) is 3.03. The van der Waals surface area contributed by atoms with Gasteiger partial charge in [0, 0.05) is 30.6 Å². The van der Waals surface area contributed by atoms with Crippen molar-refractivity contribution in [2.75, 3.05) is 19.6 Å². The number of piperidine rings is 1. The lowest BCUT2D eigenvalue weighted by Gasteiger charge is -2.34. The van der Waals surface area contributed by atoms with Gasteiger partial charge in [-0.15, -0.1) is 11.3 Å². The van der Waals surface area contributed by atoms with Crippen molar-refractivity contribution in [3.05, 3.63) is 21.9 Å². The van der Waals surface area contributed by atoms with Crippen LogP contribution in [0, 0.1) is 5.92 Å². The molecule has 3 heteroatoms. The summed E-state index contributed by atoms with van der Waals surface area (Å²) in [5, 5.41) is 5.79. The highest BCUT2D eigenvalue weighted by atomic mass is 32.1. The Morgan fingerprint density at radius 1 is 1.53 bits per heavy atom. The summed E-state index contributed by atoms with van der Waals surface area (Å²) in [5.41, 5.74) is 1.59. The summed E-state index contributed by atoms with van der Waals surface area (Å²) < 4.78 is 0. The number of hydrogen-bond acceptors (Lipinski definition) is 3. The molecule has 0 amide bonds. The molecule has 0 aliphatic carbocycles. The molecule has 1 N–H and O–H groups in total. The van der Waals surface area contributed by atoms with E-state index in [0.29, 0.717) is 0 Å². The molecule has 94 valence electrons. The van der Waals surface area contributed by atoms with Gasteiger partial charge in [0.05, 0.1) is 0 Å². The van der Waals surface area contributed by atoms with E-state index in [2.05, 4.69) is 28.6 Å². The Balaban J connectivity index is 1.56. The molecular weight excluding hydrogens is 228 g/mol. The van der Waals surface area contributed by atoms with Gasteiger partial charge in [0.2, 0.25) is 0 Å². The zero-order valence-corrected chi connectivity index (χ0v) is 11.4. The lowest BCUT2D eigenvalue weighted by Crippen LogP contribution is -2.41. The number of nitrogens with one attached hydrogen (secondary N) is 1. The summed E-state index contributed by atoms with van der Waals surface area (Å²) in [7, 11) is 0. The number of hydrogen-bond donors (Lipinski definition) is 1. The number of nitrogens with zero attached hydrogens (tertiary/aromatic N) is 1. The maximum Gasteiger partial charge on any atom is 0.0245 e. The molecule has 2 aliphatic heterocycles. The van der Waals surface area contributed by atoms with Crippen molar-refractivity contribution in [3.63, 3.8) is 0 Å². The minimum Gasteiger partial charge on any atom is -0.314 e. The molecule has 1 aromatic heterocycles. The maximum atomic E-state index is 3.54. The summed E-state index contributed by atoms with van der Waals surface area (Å²) in [6.07, 6.45) is 3.98. The first-order chi connectivity index (χ1) is 8.31. The highest BCUT2D eigenvalue weighted by molar-refractivity contribution is 7.10. The van der Waals surface area contributed by atoms with E-state index in [9.17, 15) is 0 Å². The van der Waals surface area contributed by atoms with Gasteiger partial charge in [0.15, 0.2) is 0 Å². The molecule has 1 fully saturated rings. The Kier molecular flexibility index (Phi) is 3.50. The Morgan fingerprint density at radius 2 is 2.47 bits per heavy atom. The van der Waals surface area contributed by atoms with E-state index >= 15 is 0 Å². The first kappa shape index (κ1) is 11.7. The normalized spacial score (nSPS) is 30.2. The molecule has 2 aliphatic rings. The van der Waals surface area contributed by atoms with Gasteiger partial charge in [0.1, 0.15) is 0 Å². The average molecular weight is 250 g/mol. The van der Waals surface area contributed by atoms with E-state index in [1.54, 1.807) is 10.4 Å². The summed E-state index contributed by atoms with van der Waals surface area (Å²) in [6.45, 7) is 7.30. The van der Waals surface area contributed by atoms with Gasteiger partial charge in [-0.1, -0.05) is 0 Å². The predicted molar refractivity (Wildman–Crippen MR) is 73.5 cm³/mol. The molecule has 2 nitrogen and oxygen atoms in total. The van der Waals surface area contributed by atoms with Crippen molar-refractivity contribution >= 4 is 11.3 Å². The quantitative estimate of drug-likeness (QED) is 0.867. The third-order valence-corrected chi connectivity index (χ3v) is 5.16. The lowest BCUT2D eigenvalue weighted by molar-refractivity contribution is 0.180. The highest BCUT2D eigenvalue weighted by Crippen LogP contribution is 2.26. The minimum atomic E-state index is 0.718. The van der Waals surface area contributed by atoms with Gasteiger partial charge in [0.25, 0.3) is 0 Å². The summed E-state index contributed by atoms with van der Waals surface area (Å²) >= 11 is 1.94. The zero-order valence-electron chi connectivity index (χ0n) is 10.6. The van der Waals surface area contributed by atoms with E-state index in [0.717, 1.165) is 12.0 Å². The fourth-order valence-electron chi connectivity index (χ4n) is 3.23. The summed E-state index contributed by atoms with van der Waals surface area (Å²) in [5.74, 6) is 0.909. The Bertz CT molecular complexity index is 374. The van der Waals surface area contributed by atoms with Gasteiger partial charge in [-0.2, -0.15) is 0 Å². The van der Waals surface area contributed by atoms with Crippen LogP contribution in [0.1, 0.15) is 30.2 Å². The van der Waals surface area contributed by atoms with Crippen LogP contribution in [-0.4, -0.2) is 30.6 Å². The molecule has 0 bridgehead atoms. The van der Waals surface area contributed by atoms with Gasteiger partial charge in [-0.3, -0.25) is 4.90 Å². The SMILES string of the molecule is CC1CC(CN2CCc3sccc3C2)CCN1. The first-order valence-electron chi connectivity index (χ1n) is 6.82. The molecule has 1 saturated heterocycles. The van der Waals surface area contributed by atoms with E-state index < -0.39 is 0 Å². The van der Waals surface area contributed by atoms with Gasteiger partial charge in [-0.05, 0) is 55.7 Å². The van der Waals surface area contributed by atoms with Crippen LogP contribution in [-0.2, 0) is 13.0 Å². The third kappa shape index (κ3) is 2.72. The smallest absolute Gasteiger partial charge is 0.0245 e. The molecule has 0 aromatic carbocycles. The van der Waals surface area contributed by atoms with Crippen LogP contribution < -0.4 is 5.32 Å². The molecular formula is C14H22N2S. The second-order valence-electron chi connectivity index (χ2n) is 5.60. The average Bonchev–Trinajstić information content (AvgIpc) is 2.76.